The lowest BCUT2D eigenvalue weighted by atomic mass is 10.0. The molecule has 2 heterocycles. The molecule has 2 N–H and O–H groups in total. The Kier molecular flexibility index (Phi) is 2.90. The van der Waals surface area contributed by atoms with Crippen molar-refractivity contribution in [2.24, 2.45) is 0 Å². The lowest BCUT2D eigenvalue weighted by Gasteiger charge is -2.08. The largest absolute Gasteiger partial charge is 0.368 e. The number of aromatic nitrogens is 3. The third-order valence-corrected chi connectivity index (χ3v) is 2.83. The van der Waals surface area contributed by atoms with E-state index < -0.39 is 0 Å². The molecule has 0 bridgehead atoms. The van der Waals surface area contributed by atoms with E-state index in [9.17, 15) is 0 Å². The van der Waals surface area contributed by atoms with Gasteiger partial charge in [0.05, 0.1) is 5.69 Å². The van der Waals surface area contributed by atoms with Gasteiger partial charge in [-0.1, -0.05) is 30.3 Å². The fourth-order valence-electron chi connectivity index (χ4n) is 1.95. The first kappa shape index (κ1) is 11.3. The van der Waals surface area contributed by atoms with Crippen LogP contribution in [0, 0.1) is 0 Å². The number of pyridine rings is 1. The lowest BCUT2D eigenvalue weighted by molar-refractivity contribution is 1.18. The number of rotatable bonds is 2. The second-order valence-corrected chi connectivity index (χ2v) is 4.10. The Balaban J connectivity index is 2.21. The molecule has 0 atom stereocenters. The van der Waals surface area contributed by atoms with E-state index in [1.807, 2.05) is 42.5 Å². The van der Waals surface area contributed by atoms with Gasteiger partial charge in [-0.3, -0.25) is 4.98 Å². The number of nitrogens with two attached hydrogens (primary N) is 1. The van der Waals surface area contributed by atoms with Crippen molar-refractivity contribution in [3.63, 3.8) is 0 Å². The Hall–Kier alpha value is -2.75. The molecule has 0 unspecified atom stereocenters. The van der Waals surface area contributed by atoms with Crippen molar-refractivity contribution in [1.82, 2.24) is 15.0 Å². The maximum atomic E-state index is 5.70. The average molecular weight is 248 g/mol. The molecule has 92 valence electrons. The van der Waals surface area contributed by atoms with Crippen LogP contribution in [0.5, 0.6) is 0 Å². The molecule has 19 heavy (non-hydrogen) atoms. The Labute approximate surface area is 111 Å². The molecular formula is C15H12N4. The summed E-state index contributed by atoms with van der Waals surface area (Å²) in [6.45, 7) is 0. The fourth-order valence-corrected chi connectivity index (χ4v) is 1.95. The topological polar surface area (TPSA) is 64.7 Å². The summed E-state index contributed by atoms with van der Waals surface area (Å²) >= 11 is 0. The van der Waals surface area contributed by atoms with Gasteiger partial charge in [0.15, 0.2) is 0 Å². The van der Waals surface area contributed by atoms with Crippen LogP contribution in [0.3, 0.4) is 0 Å². The second kappa shape index (κ2) is 4.86. The first-order valence-electron chi connectivity index (χ1n) is 5.93. The van der Waals surface area contributed by atoms with Crippen LogP contribution in [0.25, 0.3) is 22.4 Å². The van der Waals surface area contributed by atoms with Crippen LogP contribution in [0.15, 0.2) is 61.1 Å². The summed E-state index contributed by atoms with van der Waals surface area (Å²) in [5.74, 6) is 0.263. The Morgan fingerprint density at radius 3 is 2.37 bits per heavy atom. The van der Waals surface area contributed by atoms with Crippen LogP contribution in [-0.2, 0) is 0 Å². The summed E-state index contributed by atoms with van der Waals surface area (Å²) in [7, 11) is 0. The van der Waals surface area contributed by atoms with Crippen molar-refractivity contribution in [3.05, 3.63) is 61.1 Å². The molecule has 0 aliphatic rings. The first-order valence-corrected chi connectivity index (χ1v) is 5.93. The van der Waals surface area contributed by atoms with Gasteiger partial charge >= 0.3 is 0 Å². The summed E-state index contributed by atoms with van der Waals surface area (Å²) < 4.78 is 0. The van der Waals surface area contributed by atoms with Crippen LogP contribution in [0.2, 0.25) is 0 Å². The molecule has 0 radical (unpaired) electrons. The molecule has 0 amide bonds. The zero-order chi connectivity index (χ0) is 13.1. The minimum Gasteiger partial charge on any atom is -0.368 e. The van der Waals surface area contributed by atoms with Gasteiger partial charge in [-0.2, -0.15) is 0 Å². The molecule has 1 aromatic carbocycles. The van der Waals surface area contributed by atoms with Gasteiger partial charge in [-0.25, -0.2) is 9.97 Å². The number of hydrogen-bond acceptors (Lipinski definition) is 4. The maximum Gasteiger partial charge on any atom is 0.220 e. The second-order valence-electron chi connectivity index (χ2n) is 4.10. The smallest absolute Gasteiger partial charge is 0.220 e. The highest BCUT2D eigenvalue weighted by molar-refractivity contribution is 5.80. The van der Waals surface area contributed by atoms with Gasteiger partial charge in [0.2, 0.25) is 5.95 Å². The molecule has 0 fully saturated rings. The molecule has 4 heteroatoms. The van der Waals surface area contributed by atoms with Crippen LogP contribution >= 0.6 is 0 Å². The van der Waals surface area contributed by atoms with Crippen molar-refractivity contribution in [3.8, 4) is 22.4 Å². The minimum atomic E-state index is 0.263. The third-order valence-electron chi connectivity index (χ3n) is 2.83. The van der Waals surface area contributed by atoms with Crippen LogP contribution < -0.4 is 5.73 Å². The van der Waals surface area contributed by atoms with E-state index in [4.69, 9.17) is 5.73 Å². The molecule has 0 aliphatic heterocycles. The minimum absolute atomic E-state index is 0.263. The number of anilines is 1. The molecule has 3 rings (SSSR count). The van der Waals surface area contributed by atoms with Crippen LogP contribution in [0.1, 0.15) is 0 Å². The monoisotopic (exact) mass is 248 g/mol. The standard InChI is InChI=1S/C15H12N4/c16-15-18-10-13(11-5-2-1-3-6-11)14(19-15)12-7-4-8-17-9-12/h1-10H,(H2,16,18,19). The molecule has 3 aromatic rings. The molecule has 0 aliphatic carbocycles. The van der Waals surface area contributed by atoms with Gasteiger partial charge in [-0.15, -0.1) is 0 Å². The van der Waals surface area contributed by atoms with Crippen molar-refractivity contribution < 1.29 is 0 Å². The van der Waals surface area contributed by atoms with Crippen LogP contribution in [-0.4, -0.2) is 15.0 Å². The quantitative estimate of drug-likeness (QED) is 0.757. The SMILES string of the molecule is Nc1ncc(-c2ccccc2)c(-c2cccnc2)n1. The molecule has 0 saturated heterocycles. The fraction of sp³-hybridized carbons (Fsp3) is 0. The van der Waals surface area contributed by atoms with E-state index in [1.54, 1.807) is 18.6 Å². The summed E-state index contributed by atoms with van der Waals surface area (Å²) in [6, 6.07) is 13.8. The molecule has 0 spiro atoms. The van der Waals surface area contributed by atoms with Crippen molar-refractivity contribution in [2.75, 3.05) is 5.73 Å². The van der Waals surface area contributed by atoms with E-state index in [-0.39, 0.29) is 5.95 Å². The Morgan fingerprint density at radius 1 is 0.842 bits per heavy atom. The van der Waals surface area contributed by atoms with E-state index in [1.165, 1.54) is 0 Å². The summed E-state index contributed by atoms with van der Waals surface area (Å²) in [5, 5.41) is 0. The summed E-state index contributed by atoms with van der Waals surface area (Å²) in [6.07, 6.45) is 5.25. The highest BCUT2D eigenvalue weighted by Crippen LogP contribution is 2.29. The molecule has 0 saturated carbocycles. The normalized spacial score (nSPS) is 10.3. The van der Waals surface area contributed by atoms with Crippen molar-refractivity contribution in [1.29, 1.82) is 0 Å². The third kappa shape index (κ3) is 2.28. The zero-order valence-electron chi connectivity index (χ0n) is 10.2. The van der Waals surface area contributed by atoms with Gasteiger partial charge in [0, 0.05) is 29.7 Å². The highest BCUT2D eigenvalue weighted by atomic mass is 15.0. The maximum absolute atomic E-state index is 5.70. The molecular weight excluding hydrogens is 236 g/mol. The van der Waals surface area contributed by atoms with E-state index in [0.717, 1.165) is 22.4 Å². The predicted octanol–water partition coefficient (Wildman–Crippen LogP) is 2.79. The van der Waals surface area contributed by atoms with Gasteiger partial charge in [-0.05, 0) is 17.7 Å². The van der Waals surface area contributed by atoms with Gasteiger partial charge in [0.25, 0.3) is 0 Å². The van der Waals surface area contributed by atoms with Crippen molar-refractivity contribution in [2.45, 2.75) is 0 Å². The summed E-state index contributed by atoms with van der Waals surface area (Å²) in [5.41, 5.74) is 9.43. The van der Waals surface area contributed by atoms with E-state index in [0.29, 0.717) is 0 Å². The Bertz CT molecular complexity index is 681. The first-order chi connectivity index (χ1) is 9.34. The predicted molar refractivity (Wildman–Crippen MR) is 75.1 cm³/mol. The van der Waals surface area contributed by atoms with Crippen LogP contribution in [0.4, 0.5) is 5.95 Å². The average Bonchev–Trinajstić information content (AvgIpc) is 2.49. The number of nitrogens with zero attached hydrogens (tertiary/aromatic N) is 3. The zero-order valence-corrected chi connectivity index (χ0v) is 10.2. The number of hydrogen-bond donors (Lipinski definition) is 1. The number of benzene rings is 1. The summed E-state index contributed by atoms with van der Waals surface area (Å²) in [4.78, 5) is 12.6. The van der Waals surface area contributed by atoms with E-state index in [2.05, 4.69) is 15.0 Å². The lowest BCUT2D eigenvalue weighted by Crippen LogP contribution is -1.98. The van der Waals surface area contributed by atoms with Gasteiger partial charge < -0.3 is 5.73 Å². The van der Waals surface area contributed by atoms with Gasteiger partial charge in [0.1, 0.15) is 0 Å². The Morgan fingerprint density at radius 2 is 1.63 bits per heavy atom. The molecule has 4 nitrogen and oxygen atoms in total. The highest BCUT2D eigenvalue weighted by Gasteiger charge is 2.10. The van der Waals surface area contributed by atoms with Crippen molar-refractivity contribution >= 4 is 5.95 Å². The number of nitrogen functional groups attached to an aromatic ring is 1. The molecule has 2 aromatic heterocycles. The van der Waals surface area contributed by atoms with E-state index >= 15 is 0 Å².